The molecule has 1 heterocycles. The molecule has 1 rings (SSSR count). The number of nitrogens with zero attached hydrogens (tertiary/aromatic N) is 2. The maximum atomic E-state index is 11.8. The fraction of sp³-hybridized carbons (Fsp3) is 0.333. The molecule has 0 aliphatic rings. The molecule has 0 unspecified atom stereocenters. The summed E-state index contributed by atoms with van der Waals surface area (Å²) in [5.74, 6) is 0.264. The monoisotopic (exact) mass is 157 g/mol. The van der Waals surface area contributed by atoms with Gasteiger partial charge in [-0.1, -0.05) is 0 Å². The number of anilines is 1. The van der Waals surface area contributed by atoms with Crippen LogP contribution in [0.2, 0.25) is 0 Å². The standard InChI is InChI=1S/C6H8FN3O/c1-4-3-10(2)9-5(4)8-6(7)11/h3H,1-2H3,(H,8,9,11). The summed E-state index contributed by atoms with van der Waals surface area (Å²) in [6.45, 7) is 1.73. The van der Waals surface area contributed by atoms with E-state index in [1.807, 2.05) is 5.32 Å². The van der Waals surface area contributed by atoms with Crippen molar-refractivity contribution in [2.75, 3.05) is 5.32 Å². The van der Waals surface area contributed by atoms with Crippen molar-refractivity contribution >= 4 is 12.0 Å². The molecule has 0 bridgehead atoms. The second-order valence-corrected chi connectivity index (χ2v) is 2.23. The molecule has 0 atom stereocenters. The van der Waals surface area contributed by atoms with Gasteiger partial charge in [-0.15, -0.1) is 4.39 Å². The van der Waals surface area contributed by atoms with E-state index in [0.717, 1.165) is 5.56 Å². The first-order valence-electron chi connectivity index (χ1n) is 3.06. The first kappa shape index (κ1) is 7.71. The Hall–Kier alpha value is -1.39. The molecule has 60 valence electrons. The minimum absolute atomic E-state index is 0.264. The van der Waals surface area contributed by atoms with E-state index in [2.05, 4.69) is 5.10 Å². The van der Waals surface area contributed by atoms with Crippen LogP contribution in [0.5, 0.6) is 0 Å². The lowest BCUT2D eigenvalue weighted by Crippen LogP contribution is -2.04. The molecule has 0 fully saturated rings. The van der Waals surface area contributed by atoms with E-state index in [9.17, 15) is 9.18 Å². The number of carbonyl (C=O) groups is 1. The molecule has 0 saturated heterocycles. The number of amides is 1. The number of aryl methyl sites for hydroxylation is 2. The fourth-order valence-corrected chi connectivity index (χ4v) is 0.824. The van der Waals surface area contributed by atoms with Crippen molar-refractivity contribution < 1.29 is 9.18 Å². The van der Waals surface area contributed by atoms with Gasteiger partial charge >= 0.3 is 6.16 Å². The van der Waals surface area contributed by atoms with Gasteiger partial charge in [0.1, 0.15) is 0 Å². The first-order chi connectivity index (χ1) is 5.09. The van der Waals surface area contributed by atoms with Gasteiger partial charge in [0.05, 0.1) is 0 Å². The second kappa shape index (κ2) is 2.69. The van der Waals surface area contributed by atoms with Gasteiger partial charge in [0, 0.05) is 18.8 Å². The number of carbonyl (C=O) groups excluding carboxylic acids is 1. The Kier molecular flexibility index (Phi) is 1.89. The van der Waals surface area contributed by atoms with E-state index in [1.165, 1.54) is 4.68 Å². The summed E-state index contributed by atoms with van der Waals surface area (Å²) in [5.41, 5.74) is 0.735. The summed E-state index contributed by atoms with van der Waals surface area (Å²) < 4.78 is 13.3. The maximum absolute atomic E-state index is 11.8. The predicted octanol–water partition coefficient (Wildman–Crippen LogP) is 1.23. The van der Waals surface area contributed by atoms with E-state index >= 15 is 0 Å². The Labute approximate surface area is 63.0 Å². The third kappa shape index (κ3) is 1.76. The van der Waals surface area contributed by atoms with Gasteiger partial charge in [0.25, 0.3) is 0 Å². The number of hydrogen-bond acceptors (Lipinski definition) is 2. The molecule has 1 amide bonds. The van der Waals surface area contributed by atoms with E-state index in [4.69, 9.17) is 0 Å². The zero-order chi connectivity index (χ0) is 8.43. The minimum atomic E-state index is -1.59. The minimum Gasteiger partial charge on any atom is -0.280 e. The third-order valence-corrected chi connectivity index (χ3v) is 1.23. The molecule has 1 aromatic rings. The average molecular weight is 157 g/mol. The second-order valence-electron chi connectivity index (χ2n) is 2.23. The number of hydrogen-bond donors (Lipinski definition) is 1. The van der Waals surface area contributed by atoms with Crippen LogP contribution in [0.25, 0.3) is 0 Å². The summed E-state index contributed by atoms with van der Waals surface area (Å²) in [5, 5.41) is 5.75. The number of rotatable bonds is 1. The van der Waals surface area contributed by atoms with Crippen molar-refractivity contribution in [2.45, 2.75) is 6.92 Å². The molecule has 4 nitrogen and oxygen atoms in total. The van der Waals surface area contributed by atoms with Crippen LogP contribution in [0.1, 0.15) is 5.56 Å². The quantitative estimate of drug-likeness (QED) is 0.492. The fourth-order valence-electron chi connectivity index (χ4n) is 0.824. The number of nitrogens with one attached hydrogen (secondary N) is 1. The van der Waals surface area contributed by atoms with E-state index in [0.29, 0.717) is 0 Å². The summed E-state index contributed by atoms with van der Waals surface area (Å²) in [6.07, 6.45) is 0.0949. The topological polar surface area (TPSA) is 46.9 Å². The molecule has 11 heavy (non-hydrogen) atoms. The number of halogens is 1. The van der Waals surface area contributed by atoms with Crippen LogP contribution in [-0.4, -0.2) is 15.9 Å². The zero-order valence-electron chi connectivity index (χ0n) is 6.26. The lowest BCUT2D eigenvalue weighted by molar-refractivity contribution is 0.234. The Morgan fingerprint density at radius 3 is 2.82 bits per heavy atom. The highest BCUT2D eigenvalue weighted by Gasteiger charge is 2.05. The summed E-state index contributed by atoms with van der Waals surface area (Å²) >= 11 is 0. The molecule has 0 aromatic carbocycles. The average Bonchev–Trinajstić information content (AvgIpc) is 2.09. The molecule has 1 aromatic heterocycles. The van der Waals surface area contributed by atoms with Gasteiger partial charge in [-0.3, -0.25) is 10.00 Å². The van der Waals surface area contributed by atoms with Gasteiger partial charge in [-0.05, 0) is 6.92 Å². The van der Waals surface area contributed by atoms with Crippen LogP contribution in [0.15, 0.2) is 6.20 Å². The van der Waals surface area contributed by atoms with Crippen LogP contribution in [0.3, 0.4) is 0 Å². The summed E-state index contributed by atoms with van der Waals surface area (Å²) in [7, 11) is 1.70. The van der Waals surface area contributed by atoms with Gasteiger partial charge in [-0.25, -0.2) is 4.79 Å². The Morgan fingerprint density at radius 1 is 1.82 bits per heavy atom. The van der Waals surface area contributed by atoms with E-state index < -0.39 is 6.16 Å². The van der Waals surface area contributed by atoms with Crippen molar-refractivity contribution in [2.24, 2.45) is 7.05 Å². The lowest BCUT2D eigenvalue weighted by atomic mass is 10.4. The zero-order valence-corrected chi connectivity index (χ0v) is 6.26. The van der Waals surface area contributed by atoms with Crippen LogP contribution in [0, 0.1) is 6.92 Å². The Balaban J connectivity index is 2.85. The maximum Gasteiger partial charge on any atom is 0.403 e. The molecule has 0 radical (unpaired) electrons. The molecule has 0 spiro atoms. The molecule has 0 saturated carbocycles. The van der Waals surface area contributed by atoms with Crippen molar-refractivity contribution in [3.8, 4) is 0 Å². The smallest absolute Gasteiger partial charge is 0.280 e. The SMILES string of the molecule is Cc1cn(C)nc1NC(=O)F. The molecular formula is C6H8FN3O. The summed E-state index contributed by atoms with van der Waals surface area (Å²) in [6, 6.07) is 0. The number of aromatic nitrogens is 2. The predicted molar refractivity (Wildman–Crippen MR) is 38.1 cm³/mol. The van der Waals surface area contributed by atoms with Crippen LogP contribution < -0.4 is 5.32 Å². The van der Waals surface area contributed by atoms with Crippen LogP contribution in [0.4, 0.5) is 15.0 Å². The van der Waals surface area contributed by atoms with E-state index in [-0.39, 0.29) is 5.82 Å². The van der Waals surface area contributed by atoms with E-state index in [1.54, 1.807) is 20.2 Å². The van der Waals surface area contributed by atoms with Gasteiger partial charge < -0.3 is 0 Å². The van der Waals surface area contributed by atoms with Crippen molar-refractivity contribution in [3.05, 3.63) is 11.8 Å². The highest BCUT2D eigenvalue weighted by atomic mass is 19.1. The van der Waals surface area contributed by atoms with Gasteiger partial charge in [0.15, 0.2) is 5.82 Å². The Bertz CT molecular complexity index is 281. The molecule has 5 heteroatoms. The van der Waals surface area contributed by atoms with Crippen molar-refractivity contribution in [1.29, 1.82) is 0 Å². The van der Waals surface area contributed by atoms with Crippen LogP contribution in [-0.2, 0) is 7.05 Å². The van der Waals surface area contributed by atoms with Gasteiger partial charge in [-0.2, -0.15) is 5.10 Å². The van der Waals surface area contributed by atoms with Crippen molar-refractivity contribution in [3.63, 3.8) is 0 Å². The van der Waals surface area contributed by atoms with Crippen molar-refractivity contribution in [1.82, 2.24) is 9.78 Å². The molecule has 0 aliphatic heterocycles. The third-order valence-electron chi connectivity index (χ3n) is 1.23. The highest BCUT2D eigenvalue weighted by Crippen LogP contribution is 2.09. The first-order valence-corrected chi connectivity index (χ1v) is 3.06. The van der Waals surface area contributed by atoms with Gasteiger partial charge in [0.2, 0.25) is 0 Å². The molecular weight excluding hydrogens is 149 g/mol. The summed E-state index contributed by atoms with van der Waals surface area (Å²) in [4.78, 5) is 9.95. The highest BCUT2D eigenvalue weighted by molar-refractivity contribution is 5.82. The Morgan fingerprint density at radius 2 is 2.45 bits per heavy atom. The molecule has 0 aliphatic carbocycles. The van der Waals surface area contributed by atoms with Crippen LogP contribution >= 0.6 is 0 Å². The lowest BCUT2D eigenvalue weighted by Gasteiger charge is -1.92. The molecule has 1 N–H and O–H groups in total. The largest absolute Gasteiger partial charge is 0.403 e. The normalized spacial score (nSPS) is 9.73.